The Balaban J connectivity index is 2.49. The number of rotatable bonds is 2. The van der Waals surface area contributed by atoms with Gasteiger partial charge in [0, 0.05) is 19.0 Å². The zero-order valence-electron chi connectivity index (χ0n) is 9.85. The molecule has 0 spiro atoms. The molecule has 0 bridgehead atoms. The van der Waals surface area contributed by atoms with Crippen molar-refractivity contribution in [2.24, 2.45) is 0 Å². The van der Waals surface area contributed by atoms with Crippen molar-refractivity contribution in [3.8, 4) is 0 Å². The molecule has 2 aromatic carbocycles. The second-order valence-electron chi connectivity index (χ2n) is 4.15. The maximum Gasteiger partial charge on any atom is 0.0670 e. The molecule has 1 unspecified atom stereocenters. The molecule has 0 aromatic heterocycles. The predicted molar refractivity (Wildman–Crippen MR) is 93.8 cm³/mol. The SMILES string of the molecule is Cc1cc(Br)c(C(Br)c2ccc(Cl)cc2Cl)cc1Br. The van der Waals surface area contributed by atoms with Crippen LogP contribution in [0.3, 0.4) is 0 Å². The summed E-state index contributed by atoms with van der Waals surface area (Å²) in [6, 6.07) is 9.70. The van der Waals surface area contributed by atoms with E-state index in [1.54, 1.807) is 6.07 Å². The molecule has 0 aliphatic carbocycles. The fourth-order valence-electron chi connectivity index (χ4n) is 1.73. The van der Waals surface area contributed by atoms with Gasteiger partial charge in [-0.1, -0.05) is 77.1 Å². The van der Waals surface area contributed by atoms with E-state index in [0.29, 0.717) is 10.0 Å². The smallest absolute Gasteiger partial charge is 0.0670 e. The summed E-state index contributed by atoms with van der Waals surface area (Å²) in [5.41, 5.74) is 3.28. The first kappa shape index (κ1) is 15.8. The van der Waals surface area contributed by atoms with E-state index in [0.717, 1.165) is 20.1 Å². The van der Waals surface area contributed by atoms with Crippen LogP contribution in [0, 0.1) is 6.92 Å². The van der Waals surface area contributed by atoms with Crippen LogP contribution in [0.4, 0.5) is 0 Å². The molecule has 0 radical (unpaired) electrons. The predicted octanol–water partition coefficient (Wildman–Crippen LogP) is 7.31. The van der Waals surface area contributed by atoms with E-state index in [1.807, 2.05) is 12.1 Å². The Hall–Kier alpha value is 0.460. The Morgan fingerprint density at radius 3 is 2.26 bits per heavy atom. The summed E-state index contributed by atoms with van der Waals surface area (Å²) < 4.78 is 2.11. The van der Waals surface area contributed by atoms with Gasteiger partial charge < -0.3 is 0 Å². The molecule has 19 heavy (non-hydrogen) atoms. The number of benzene rings is 2. The van der Waals surface area contributed by atoms with Gasteiger partial charge in [-0.3, -0.25) is 0 Å². The maximum absolute atomic E-state index is 6.26. The lowest BCUT2D eigenvalue weighted by Crippen LogP contribution is -1.96. The van der Waals surface area contributed by atoms with Gasteiger partial charge in [-0.2, -0.15) is 0 Å². The molecule has 2 rings (SSSR count). The maximum atomic E-state index is 6.26. The van der Waals surface area contributed by atoms with Gasteiger partial charge in [-0.05, 0) is 47.9 Å². The second kappa shape index (κ2) is 6.48. The highest BCUT2D eigenvalue weighted by atomic mass is 79.9. The summed E-state index contributed by atoms with van der Waals surface area (Å²) in [7, 11) is 0. The minimum absolute atomic E-state index is 0.00328. The Labute approximate surface area is 147 Å². The van der Waals surface area contributed by atoms with Crippen LogP contribution < -0.4 is 0 Å². The Bertz CT molecular complexity index is 626. The molecule has 0 amide bonds. The van der Waals surface area contributed by atoms with E-state index in [-0.39, 0.29) is 4.83 Å². The lowest BCUT2D eigenvalue weighted by Gasteiger charge is -2.16. The van der Waals surface area contributed by atoms with Crippen LogP contribution in [0.15, 0.2) is 39.3 Å². The lowest BCUT2D eigenvalue weighted by molar-refractivity contribution is 1.15. The van der Waals surface area contributed by atoms with Crippen LogP contribution in [-0.2, 0) is 0 Å². The van der Waals surface area contributed by atoms with Crippen molar-refractivity contribution in [2.45, 2.75) is 11.8 Å². The van der Waals surface area contributed by atoms with E-state index in [9.17, 15) is 0 Å². The minimum Gasteiger partial charge on any atom is -0.0843 e. The average Bonchev–Trinajstić information content (AvgIpc) is 2.33. The van der Waals surface area contributed by atoms with Gasteiger partial charge in [0.25, 0.3) is 0 Å². The molecule has 0 nitrogen and oxygen atoms in total. The summed E-state index contributed by atoms with van der Waals surface area (Å²) in [5.74, 6) is 0. The summed E-state index contributed by atoms with van der Waals surface area (Å²) in [4.78, 5) is 0.00328. The lowest BCUT2D eigenvalue weighted by atomic mass is 10.0. The molecule has 0 saturated heterocycles. The molecule has 0 N–H and O–H groups in total. The number of hydrogen-bond donors (Lipinski definition) is 0. The highest BCUT2D eigenvalue weighted by Crippen LogP contribution is 2.41. The van der Waals surface area contributed by atoms with Gasteiger partial charge in [-0.15, -0.1) is 0 Å². The molecule has 0 fully saturated rings. The third-order valence-corrected chi connectivity index (χ3v) is 5.88. The van der Waals surface area contributed by atoms with E-state index >= 15 is 0 Å². The first-order valence-corrected chi connectivity index (χ1v) is 8.70. The molecule has 0 aliphatic heterocycles. The Morgan fingerprint density at radius 2 is 1.63 bits per heavy atom. The fourth-order valence-corrected chi connectivity index (χ4v) is 4.51. The summed E-state index contributed by atoms with van der Waals surface area (Å²) >= 11 is 23.0. The van der Waals surface area contributed by atoms with Crippen LogP contribution in [0.1, 0.15) is 21.5 Å². The summed E-state index contributed by atoms with van der Waals surface area (Å²) in [6.07, 6.45) is 0. The molecule has 5 heteroatoms. The van der Waals surface area contributed by atoms with Crippen LogP contribution in [-0.4, -0.2) is 0 Å². The largest absolute Gasteiger partial charge is 0.0843 e. The normalized spacial score (nSPS) is 12.5. The molecular formula is C14H9Br3Cl2. The van der Waals surface area contributed by atoms with Crippen LogP contribution in [0.5, 0.6) is 0 Å². The van der Waals surface area contributed by atoms with Crippen LogP contribution in [0.25, 0.3) is 0 Å². The van der Waals surface area contributed by atoms with Crippen molar-refractivity contribution in [1.29, 1.82) is 0 Å². The molecule has 100 valence electrons. The highest BCUT2D eigenvalue weighted by Gasteiger charge is 2.17. The van der Waals surface area contributed by atoms with Crippen LogP contribution >= 0.6 is 71.0 Å². The van der Waals surface area contributed by atoms with E-state index < -0.39 is 0 Å². The molecule has 1 atom stereocenters. The fraction of sp³-hybridized carbons (Fsp3) is 0.143. The van der Waals surface area contributed by atoms with Gasteiger partial charge >= 0.3 is 0 Å². The summed E-state index contributed by atoms with van der Waals surface area (Å²) in [6.45, 7) is 2.05. The topological polar surface area (TPSA) is 0 Å². The summed E-state index contributed by atoms with van der Waals surface area (Å²) in [5, 5.41) is 1.29. The molecule has 0 heterocycles. The molecule has 2 aromatic rings. The zero-order chi connectivity index (χ0) is 14.2. The van der Waals surface area contributed by atoms with Crippen molar-refractivity contribution in [1.82, 2.24) is 0 Å². The Morgan fingerprint density at radius 1 is 0.947 bits per heavy atom. The van der Waals surface area contributed by atoms with Crippen molar-refractivity contribution < 1.29 is 0 Å². The van der Waals surface area contributed by atoms with Gasteiger partial charge in [0.05, 0.1) is 4.83 Å². The number of aryl methyl sites for hydroxylation is 1. The number of alkyl halides is 1. The third-order valence-electron chi connectivity index (χ3n) is 2.79. The van der Waals surface area contributed by atoms with Crippen molar-refractivity contribution in [3.05, 3.63) is 66.0 Å². The standard InChI is InChI=1S/C14H9Br3Cl2/c1-7-4-12(16)10(6-11(7)15)14(17)9-3-2-8(18)5-13(9)19/h2-6,14H,1H3. The second-order valence-corrected chi connectivity index (χ2v) is 7.62. The highest BCUT2D eigenvalue weighted by molar-refractivity contribution is 9.11. The minimum atomic E-state index is 0.00328. The van der Waals surface area contributed by atoms with Gasteiger partial charge in [-0.25, -0.2) is 0 Å². The first-order chi connectivity index (χ1) is 8.90. The molecule has 0 aliphatic rings. The van der Waals surface area contributed by atoms with Gasteiger partial charge in [0.2, 0.25) is 0 Å². The Kier molecular flexibility index (Phi) is 5.41. The van der Waals surface area contributed by atoms with Crippen LogP contribution in [0.2, 0.25) is 10.0 Å². The van der Waals surface area contributed by atoms with Crippen molar-refractivity contribution >= 4 is 71.0 Å². The third kappa shape index (κ3) is 3.56. The monoisotopic (exact) mass is 484 g/mol. The van der Waals surface area contributed by atoms with Crippen molar-refractivity contribution in [3.63, 3.8) is 0 Å². The average molecular weight is 488 g/mol. The van der Waals surface area contributed by atoms with Crippen molar-refractivity contribution in [2.75, 3.05) is 0 Å². The number of hydrogen-bond acceptors (Lipinski definition) is 0. The van der Waals surface area contributed by atoms with E-state index in [2.05, 4.69) is 66.8 Å². The van der Waals surface area contributed by atoms with E-state index in [1.165, 1.54) is 5.56 Å². The quantitative estimate of drug-likeness (QED) is 0.390. The van der Waals surface area contributed by atoms with Gasteiger partial charge in [0.1, 0.15) is 0 Å². The molecular weight excluding hydrogens is 479 g/mol. The number of halogens is 5. The molecule has 0 saturated carbocycles. The zero-order valence-corrected chi connectivity index (χ0v) is 16.1. The van der Waals surface area contributed by atoms with Gasteiger partial charge in [0.15, 0.2) is 0 Å². The van der Waals surface area contributed by atoms with E-state index in [4.69, 9.17) is 23.2 Å². The first-order valence-electron chi connectivity index (χ1n) is 5.44.